The van der Waals surface area contributed by atoms with Crippen LogP contribution in [0.1, 0.15) is 32.1 Å². The monoisotopic (exact) mass is 354 g/mol. The van der Waals surface area contributed by atoms with Gasteiger partial charge in [-0.25, -0.2) is 16.8 Å². The Balaban J connectivity index is 2.14. The molecule has 1 aliphatic rings. The minimum atomic E-state index is -3.68. The average Bonchev–Trinajstić information content (AvgIpc) is 2.54. The summed E-state index contributed by atoms with van der Waals surface area (Å²) in [4.78, 5) is 0.00427. The van der Waals surface area contributed by atoms with Crippen molar-refractivity contribution in [1.29, 1.82) is 5.26 Å². The van der Waals surface area contributed by atoms with Crippen molar-refractivity contribution < 1.29 is 16.8 Å². The fourth-order valence-corrected chi connectivity index (χ4v) is 5.03. The number of benzene rings is 1. The first-order valence-corrected chi connectivity index (χ1v) is 10.4. The smallest absolute Gasteiger partial charge is 0.235 e. The number of sulfone groups is 1. The fourth-order valence-electron chi connectivity index (χ4n) is 2.53. The predicted molar refractivity (Wildman–Crippen MR) is 87.8 cm³/mol. The number of hydrogen-bond acceptors (Lipinski definition) is 5. The van der Waals surface area contributed by atoms with Crippen LogP contribution in [0.5, 0.6) is 0 Å². The highest BCUT2D eigenvalue weighted by molar-refractivity contribution is 7.94. The zero-order chi connectivity index (χ0) is 16.9. The van der Waals surface area contributed by atoms with Crippen molar-refractivity contribution in [2.24, 2.45) is 0 Å². The lowest BCUT2D eigenvalue weighted by atomic mass is 10.0. The molecular formula is C15H18N2O4S2. The van der Waals surface area contributed by atoms with Crippen LogP contribution in [0, 0.1) is 11.3 Å². The molecule has 1 aromatic rings. The molecule has 0 atom stereocenters. The number of nitriles is 1. The maximum atomic E-state index is 12.3. The van der Waals surface area contributed by atoms with Gasteiger partial charge in [0.2, 0.25) is 19.9 Å². The zero-order valence-electron chi connectivity index (χ0n) is 12.5. The Morgan fingerprint density at radius 1 is 1.04 bits per heavy atom. The van der Waals surface area contributed by atoms with Crippen LogP contribution in [0.2, 0.25) is 0 Å². The molecule has 0 unspecified atom stereocenters. The van der Waals surface area contributed by atoms with Crippen LogP contribution in [-0.2, 0) is 19.9 Å². The van der Waals surface area contributed by atoms with E-state index >= 15 is 0 Å². The van der Waals surface area contributed by atoms with Gasteiger partial charge in [0.1, 0.15) is 0 Å². The van der Waals surface area contributed by atoms with E-state index in [0.717, 1.165) is 30.7 Å². The summed E-state index contributed by atoms with van der Waals surface area (Å²) >= 11 is 0. The van der Waals surface area contributed by atoms with Crippen LogP contribution < -0.4 is 4.72 Å². The maximum absolute atomic E-state index is 12.3. The Hall–Kier alpha value is -1.85. The van der Waals surface area contributed by atoms with Crippen molar-refractivity contribution in [3.63, 3.8) is 0 Å². The second-order valence-electron chi connectivity index (χ2n) is 5.41. The molecule has 2 rings (SSSR count). The summed E-state index contributed by atoms with van der Waals surface area (Å²) in [5, 5.41) is 8.82. The Kier molecular flexibility index (Phi) is 5.44. The van der Waals surface area contributed by atoms with E-state index in [1.54, 1.807) is 6.07 Å². The van der Waals surface area contributed by atoms with Gasteiger partial charge in [0, 0.05) is 17.2 Å². The Bertz CT molecular complexity index is 813. The second kappa shape index (κ2) is 7.15. The molecule has 23 heavy (non-hydrogen) atoms. The number of sulfonamides is 1. The molecule has 1 aromatic carbocycles. The summed E-state index contributed by atoms with van der Waals surface area (Å²) in [6, 6.07) is 7.07. The number of rotatable bonds is 5. The summed E-state index contributed by atoms with van der Waals surface area (Å²) in [5.74, 6) is 0. The van der Waals surface area contributed by atoms with Gasteiger partial charge < -0.3 is 0 Å². The molecular weight excluding hydrogens is 336 g/mol. The highest BCUT2D eigenvalue weighted by Gasteiger charge is 2.27. The summed E-state index contributed by atoms with van der Waals surface area (Å²) in [7, 11) is -7.14. The van der Waals surface area contributed by atoms with E-state index < -0.39 is 25.1 Å². The zero-order valence-corrected chi connectivity index (χ0v) is 14.1. The molecule has 0 spiro atoms. The normalized spacial score (nSPS) is 17.0. The predicted octanol–water partition coefficient (Wildman–Crippen LogP) is 2.57. The summed E-state index contributed by atoms with van der Waals surface area (Å²) < 4.78 is 50.8. The van der Waals surface area contributed by atoms with E-state index in [1.807, 2.05) is 0 Å². The Labute approximate surface area is 136 Å². The first-order chi connectivity index (χ1) is 10.8. The molecule has 0 saturated heterocycles. The van der Waals surface area contributed by atoms with E-state index in [-0.39, 0.29) is 4.90 Å². The molecule has 1 saturated carbocycles. The molecule has 1 fully saturated rings. The van der Waals surface area contributed by atoms with E-state index in [9.17, 15) is 16.8 Å². The maximum Gasteiger partial charge on any atom is 0.235 e. The van der Waals surface area contributed by atoms with Gasteiger partial charge in [0.15, 0.2) is 0 Å². The van der Waals surface area contributed by atoms with Gasteiger partial charge in [-0.3, -0.25) is 4.72 Å². The largest absolute Gasteiger partial charge is 0.283 e. The number of nitrogens with one attached hydrogen (secondary N) is 1. The number of nitrogens with zero attached hydrogens (tertiary/aromatic N) is 1. The summed E-state index contributed by atoms with van der Waals surface area (Å²) in [6.45, 7) is 0. The van der Waals surface area contributed by atoms with Gasteiger partial charge in [-0.15, -0.1) is 0 Å². The van der Waals surface area contributed by atoms with E-state index in [2.05, 4.69) is 4.72 Å². The second-order valence-corrected chi connectivity index (χ2v) is 9.20. The van der Waals surface area contributed by atoms with E-state index in [1.165, 1.54) is 24.3 Å². The van der Waals surface area contributed by atoms with Crippen LogP contribution >= 0.6 is 0 Å². The lowest BCUT2D eigenvalue weighted by Crippen LogP contribution is -2.29. The SMILES string of the molecule is N#C/C=C/S(=O)(=O)c1ccc(NS(=O)(=O)C2CCCCC2)cc1. The molecule has 1 aliphatic carbocycles. The van der Waals surface area contributed by atoms with E-state index in [0.29, 0.717) is 18.5 Å². The van der Waals surface area contributed by atoms with Crippen LogP contribution in [0.3, 0.4) is 0 Å². The topological polar surface area (TPSA) is 104 Å². The highest BCUT2D eigenvalue weighted by Crippen LogP contribution is 2.25. The van der Waals surface area contributed by atoms with Crippen molar-refractivity contribution in [2.45, 2.75) is 42.2 Å². The standard InChI is InChI=1S/C15H18N2O4S2/c16-11-4-12-22(18,19)14-9-7-13(8-10-14)17-23(20,21)15-5-2-1-3-6-15/h4,7-10,12,15,17H,1-3,5-6H2/b12-4+. The third-order valence-corrected chi connectivity index (χ3v) is 7.05. The van der Waals surface area contributed by atoms with Gasteiger partial charge in [-0.2, -0.15) is 5.26 Å². The van der Waals surface area contributed by atoms with Crippen LogP contribution in [0.25, 0.3) is 0 Å². The van der Waals surface area contributed by atoms with Crippen LogP contribution in [0.4, 0.5) is 5.69 Å². The van der Waals surface area contributed by atoms with Gasteiger partial charge in [0.05, 0.1) is 16.2 Å². The van der Waals surface area contributed by atoms with Crippen LogP contribution in [-0.4, -0.2) is 22.1 Å². The number of anilines is 1. The highest BCUT2D eigenvalue weighted by atomic mass is 32.2. The third kappa shape index (κ3) is 4.56. The molecule has 6 nitrogen and oxygen atoms in total. The third-order valence-electron chi connectivity index (χ3n) is 3.76. The Morgan fingerprint density at radius 2 is 1.65 bits per heavy atom. The minimum Gasteiger partial charge on any atom is -0.283 e. The molecule has 124 valence electrons. The van der Waals surface area contributed by atoms with Crippen molar-refractivity contribution in [3.8, 4) is 6.07 Å². The minimum absolute atomic E-state index is 0.00427. The molecule has 1 N–H and O–H groups in total. The number of allylic oxidation sites excluding steroid dienone is 1. The quantitative estimate of drug-likeness (QED) is 0.818. The molecule has 0 amide bonds. The molecule has 0 radical (unpaired) electrons. The summed E-state index contributed by atoms with van der Waals surface area (Å²) in [6.07, 6.45) is 5.08. The van der Waals surface area contributed by atoms with Crippen molar-refractivity contribution in [2.75, 3.05) is 4.72 Å². The lowest BCUT2D eigenvalue weighted by molar-refractivity contribution is 0.486. The average molecular weight is 354 g/mol. The first kappa shape index (κ1) is 17.5. The molecule has 0 aromatic heterocycles. The van der Waals surface area contributed by atoms with Gasteiger partial charge in [0.25, 0.3) is 0 Å². The Morgan fingerprint density at radius 3 is 2.22 bits per heavy atom. The van der Waals surface area contributed by atoms with Gasteiger partial charge >= 0.3 is 0 Å². The van der Waals surface area contributed by atoms with E-state index in [4.69, 9.17) is 5.26 Å². The van der Waals surface area contributed by atoms with Gasteiger partial charge in [-0.1, -0.05) is 19.3 Å². The van der Waals surface area contributed by atoms with Crippen molar-refractivity contribution in [1.82, 2.24) is 0 Å². The first-order valence-electron chi connectivity index (χ1n) is 7.28. The number of hydrogen-bond donors (Lipinski definition) is 1. The lowest BCUT2D eigenvalue weighted by Gasteiger charge is -2.22. The van der Waals surface area contributed by atoms with Crippen molar-refractivity contribution in [3.05, 3.63) is 35.7 Å². The molecule has 0 heterocycles. The molecule has 8 heteroatoms. The van der Waals surface area contributed by atoms with Gasteiger partial charge in [-0.05, 0) is 37.1 Å². The molecule has 0 aliphatic heterocycles. The van der Waals surface area contributed by atoms with Crippen LogP contribution in [0.15, 0.2) is 40.6 Å². The summed E-state index contributed by atoms with van der Waals surface area (Å²) in [5.41, 5.74) is 0.332. The molecule has 0 bridgehead atoms. The fraction of sp³-hybridized carbons (Fsp3) is 0.400. The van der Waals surface area contributed by atoms with Crippen molar-refractivity contribution >= 4 is 25.5 Å².